The van der Waals surface area contributed by atoms with Crippen molar-refractivity contribution >= 4 is 53.1 Å². The number of hydrogen-bond donors (Lipinski definition) is 1. The van der Waals surface area contributed by atoms with E-state index in [0.29, 0.717) is 33.9 Å². The van der Waals surface area contributed by atoms with Gasteiger partial charge in [-0.1, -0.05) is 23.8 Å². The number of rotatable bonds is 7. The number of aryl methyl sites for hydroxylation is 2. The minimum atomic E-state index is -4.45. The van der Waals surface area contributed by atoms with Gasteiger partial charge in [0.1, 0.15) is 27.9 Å². The molecular formula is C27H22I2O6S. The van der Waals surface area contributed by atoms with E-state index >= 15 is 0 Å². The molecule has 0 saturated heterocycles. The van der Waals surface area contributed by atoms with E-state index in [-0.39, 0.29) is 16.4 Å². The van der Waals surface area contributed by atoms with Crippen LogP contribution < -0.4 is 9.47 Å². The first-order valence-corrected chi connectivity index (χ1v) is 18.3. The normalized spacial score (nSPS) is 10.7. The molecule has 4 rings (SSSR count). The monoisotopic (exact) mass is 728 g/mol. The fourth-order valence-electron chi connectivity index (χ4n) is 3.29. The molecule has 0 atom stereocenters. The van der Waals surface area contributed by atoms with Crippen molar-refractivity contribution in [2.45, 2.75) is 18.7 Å². The summed E-state index contributed by atoms with van der Waals surface area (Å²) in [6.07, 6.45) is 0. The maximum atomic E-state index is 12.9. The smallest absolute Gasteiger partial charge is 0.298 e. The summed E-state index contributed by atoms with van der Waals surface area (Å²) >= 11 is 4.24. The number of halogens is 2. The molecule has 0 aliphatic carbocycles. The van der Waals surface area contributed by atoms with Crippen molar-refractivity contribution < 1.29 is 27.2 Å². The topological polar surface area (TPSA) is 89.9 Å². The number of benzene rings is 4. The van der Waals surface area contributed by atoms with Crippen LogP contribution in [0.1, 0.15) is 27.0 Å². The Hall–Kier alpha value is -2.48. The molecular weight excluding hydrogens is 706 g/mol. The van der Waals surface area contributed by atoms with Gasteiger partial charge in [-0.2, -0.15) is 8.42 Å². The summed E-state index contributed by atoms with van der Waals surface area (Å²) in [4.78, 5) is 12.5. The molecule has 0 heterocycles. The molecule has 1 N–H and O–H groups in total. The second kappa shape index (κ2) is 12.7. The molecule has 4 aromatic carbocycles. The van der Waals surface area contributed by atoms with Gasteiger partial charge in [0.05, 0.1) is 0 Å². The molecule has 36 heavy (non-hydrogen) atoms. The zero-order valence-electron chi connectivity index (χ0n) is 19.3. The summed E-state index contributed by atoms with van der Waals surface area (Å²) in [5.74, 6) is 1.48. The highest BCUT2D eigenvalue weighted by atomic mass is 128. The van der Waals surface area contributed by atoms with Crippen LogP contribution in [0.2, 0.25) is 0 Å². The average molecular weight is 728 g/mol. The molecule has 0 radical (unpaired) electrons. The Bertz CT molecular complexity index is 1430. The summed E-state index contributed by atoms with van der Waals surface area (Å²) in [5, 5.41) is 0. The quantitative estimate of drug-likeness (QED) is 0.118. The molecule has 0 unspecified atom stereocenters. The van der Waals surface area contributed by atoms with E-state index in [9.17, 15) is 17.8 Å². The van der Waals surface area contributed by atoms with Gasteiger partial charge >= 0.3 is 0 Å². The van der Waals surface area contributed by atoms with E-state index in [2.05, 4.69) is 37.2 Å². The van der Waals surface area contributed by atoms with Crippen molar-refractivity contribution in [3.63, 3.8) is 0 Å². The zero-order chi connectivity index (χ0) is 26.3. The Labute approximate surface area is 233 Å². The largest absolute Gasteiger partial charge is 0.457 e. The van der Waals surface area contributed by atoms with Gasteiger partial charge in [-0.3, -0.25) is 9.35 Å². The summed E-state index contributed by atoms with van der Waals surface area (Å²) < 4.78 is 44.2. The molecule has 0 amide bonds. The minimum absolute atomic E-state index is 0.00339. The van der Waals surface area contributed by atoms with Crippen molar-refractivity contribution in [2.75, 3.05) is 0 Å². The van der Waals surface area contributed by atoms with Crippen molar-refractivity contribution in [3.05, 3.63) is 113 Å². The Morgan fingerprint density at radius 1 is 0.667 bits per heavy atom. The molecule has 0 saturated carbocycles. The number of carbonyl (C=O) groups is 1. The predicted octanol–water partition coefficient (Wildman–Crippen LogP) is 8.14. The summed E-state index contributed by atoms with van der Waals surface area (Å²) in [6.45, 7) is 3.71. The van der Waals surface area contributed by atoms with Crippen LogP contribution in [0.4, 0.5) is 0 Å². The first kappa shape index (κ1) is 28.1. The van der Waals surface area contributed by atoms with Crippen LogP contribution >= 0.6 is 37.2 Å². The van der Waals surface area contributed by atoms with Crippen molar-refractivity contribution in [3.8, 4) is 23.0 Å². The third kappa shape index (κ3) is 7.51. The fourth-order valence-corrected chi connectivity index (χ4v) is 3.98. The highest BCUT2D eigenvalue weighted by Crippen LogP contribution is 2.30. The lowest BCUT2D eigenvalue weighted by atomic mass is 10.0. The summed E-state index contributed by atoms with van der Waals surface area (Å²) in [5.41, 5.74) is 2.74. The standard InChI is InChI=1S/C27H22O6S.I2/c1-18-3-10-22(11-4-18)32-23-12-6-20(7-13-23)27(28)21-8-14-24(15-9-21)33-25-16-5-19(2)17-26(25)34(29,30)31;1-2/h3-17H,1-2H3,(H,29,30,31);. The van der Waals surface area contributed by atoms with Gasteiger partial charge in [0.2, 0.25) is 0 Å². The molecule has 0 aromatic heterocycles. The first-order valence-electron chi connectivity index (χ1n) is 10.6. The molecule has 6 nitrogen and oxygen atoms in total. The maximum absolute atomic E-state index is 12.9. The third-order valence-corrected chi connectivity index (χ3v) is 5.97. The van der Waals surface area contributed by atoms with E-state index in [1.54, 1.807) is 61.5 Å². The number of hydrogen-bond acceptors (Lipinski definition) is 5. The van der Waals surface area contributed by atoms with E-state index in [4.69, 9.17) is 9.47 Å². The molecule has 0 fully saturated rings. The average Bonchev–Trinajstić information content (AvgIpc) is 2.87. The van der Waals surface area contributed by atoms with Gasteiger partial charge in [-0.15, -0.1) is 0 Å². The molecule has 0 aliphatic rings. The molecule has 0 aliphatic heterocycles. The maximum Gasteiger partial charge on any atom is 0.298 e. The van der Waals surface area contributed by atoms with E-state index in [0.717, 1.165) is 5.56 Å². The Kier molecular flexibility index (Phi) is 9.88. The van der Waals surface area contributed by atoms with Gasteiger partial charge < -0.3 is 9.47 Å². The second-order valence-corrected chi connectivity index (χ2v) is 9.21. The van der Waals surface area contributed by atoms with E-state index in [1.165, 1.54) is 12.1 Å². The highest BCUT2D eigenvalue weighted by Gasteiger charge is 2.18. The van der Waals surface area contributed by atoms with E-state index < -0.39 is 10.1 Å². The molecule has 0 bridgehead atoms. The van der Waals surface area contributed by atoms with Crippen LogP contribution in [-0.4, -0.2) is 18.8 Å². The molecule has 9 heteroatoms. The first-order chi connectivity index (χ1) is 17.2. The third-order valence-electron chi connectivity index (χ3n) is 5.09. The zero-order valence-corrected chi connectivity index (χ0v) is 24.4. The number of carbonyl (C=O) groups excluding carboxylic acids is 1. The fraction of sp³-hybridized carbons (Fsp3) is 0.0741. The predicted molar refractivity (Wildman–Crippen MR) is 157 cm³/mol. The lowest BCUT2D eigenvalue weighted by Crippen LogP contribution is -2.02. The highest BCUT2D eigenvalue weighted by molar-refractivity contribution is 15.0. The van der Waals surface area contributed by atoms with Crippen LogP contribution in [-0.2, 0) is 10.1 Å². The summed E-state index contributed by atoms with van der Waals surface area (Å²) in [7, 11) is -4.45. The van der Waals surface area contributed by atoms with Gasteiger partial charge in [0.15, 0.2) is 5.78 Å². The Balaban J connectivity index is 0.00000176. The lowest BCUT2D eigenvalue weighted by molar-refractivity contribution is 0.103. The van der Waals surface area contributed by atoms with Crippen LogP contribution in [0, 0.1) is 13.8 Å². The number of ether oxygens (including phenoxy) is 2. The van der Waals surface area contributed by atoms with Crippen molar-refractivity contribution in [1.29, 1.82) is 0 Å². The molecule has 4 aromatic rings. The minimum Gasteiger partial charge on any atom is -0.457 e. The van der Waals surface area contributed by atoms with Crippen LogP contribution in [0.15, 0.2) is 95.9 Å². The number of ketones is 1. The van der Waals surface area contributed by atoms with Crippen LogP contribution in [0.3, 0.4) is 0 Å². The van der Waals surface area contributed by atoms with Crippen LogP contribution in [0.25, 0.3) is 0 Å². The molecule has 0 spiro atoms. The van der Waals surface area contributed by atoms with E-state index in [1.807, 2.05) is 31.2 Å². The van der Waals surface area contributed by atoms with Gasteiger partial charge in [0.25, 0.3) is 10.1 Å². The van der Waals surface area contributed by atoms with Gasteiger partial charge in [-0.05, 0) is 92.2 Å². The Morgan fingerprint density at radius 2 is 1.08 bits per heavy atom. The van der Waals surface area contributed by atoms with Gasteiger partial charge in [0, 0.05) is 48.4 Å². The second-order valence-electron chi connectivity index (χ2n) is 7.82. The summed E-state index contributed by atoms with van der Waals surface area (Å²) in [6, 6.07) is 25.3. The van der Waals surface area contributed by atoms with Gasteiger partial charge in [-0.25, -0.2) is 0 Å². The lowest BCUT2D eigenvalue weighted by Gasteiger charge is -2.11. The SMILES string of the molecule is Cc1ccc(Oc2ccc(C(=O)c3ccc(Oc4ccc(C)cc4S(=O)(=O)O)cc3)cc2)cc1.II. The molecule has 186 valence electrons. The Morgan fingerprint density at radius 3 is 1.56 bits per heavy atom. The van der Waals surface area contributed by atoms with Crippen LogP contribution in [0.5, 0.6) is 23.0 Å². The van der Waals surface area contributed by atoms with Crippen molar-refractivity contribution in [1.82, 2.24) is 0 Å². The van der Waals surface area contributed by atoms with Crippen molar-refractivity contribution in [2.24, 2.45) is 0 Å².